The van der Waals surface area contributed by atoms with Crippen LogP contribution in [0.5, 0.6) is 0 Å². The van der Waals surface area contributed by atoms with Crippen molar-refractivity contribution < 1.29 is 31.4 Å². The zero-order chi connectivity index (χ0) is 14.0. The first-order valence-electron chi connectivity index (χ1n) is 5.07. The molecule has 1 unspecified atom stereocenters. The highest BCUT2D eigenvalue weighted by molar-refractivity contribution is 5.15. The van der Waals surface area contributed by atoms with Crippen molar-refractivity contribution in [3.8, 4) is 0 Å². The van der Waals surface area contributed by atoms with Gasteiger partial charge >= 0.3 is 12.4 Å². The van der Waals surface area contributed by atoms with Gasteiger partial charge in [-0.05, 0) is 12.5 Å². The zero-order valence-corrected chi connectivity index (χ0v) is 9.09. The van der Waals surface area contributed by atoms with Gasteiger partial charge < -0.3 is 9.67 Å². The number of rotatable bonds is 4. The normalized spacial score (nSPS) is 14.8. The Balaban J connectivity index is 2.54. The third-order valence-electron chi connectivity index (χ3n) is 2.28. The molecule has 0 aliphatic rings. The first-order chi connectivity index (χ1) is 8.09. The molecule has 0 bridgehead atoms. The Bertz CT molecular complexity index is 380. The van der Waals surface area contributed by atoms with Crippen LogP contribution in [-0.4, -0.2) is 22.0 Å². The molecule has 0 fully saturated rings. The first-order valence-corrected chi connectivity index (χ1v) is 5.07. The van der Waals surface area contributed by atoms with Crippen LogP contribution in [0.4, 0.5) is 26.3 Å². The smallest absolute Gasteiger partial charge is 0.379 e. The molecule has 2 nitrogen and oxygen atoms in total. The number of halogens is 6. The second-order valence-electron chi connectivity index (χ2n) is 3.85. The van der Waals surface area contributed by atoms with Gasteiger partial charge in [-0.1, -0.05) is 0 Å². The molecule has 1 heterocycles. The Morgan fingerprint density at radius 2 is 1.78 bits per heavy atom. The molecular weight excluding hydrogens is 264 g/mol. The van der Waals surface area contributed by atoms with Gasteiger partial charge in [-0.3, -0.25) is 0 Å². The van der Waals surface area contributed by atoms with E-state index in [1.807, 2.05) is 0 Å². The van der Waals surface area contributed by atoms with Crippen molar-refractivity contribution in [2.24, 2.45) is 0 Å². The number of aliphatic hydroxyl groups is 1. The van der Waals surface area contributed by atoms with Crippen LogP contribution in [0.2, 0.25) is 0 Å². The molecular formula is C10H11F6NO. The summed E-state index contributed by atoms with van der Waals surface area (Å²) < 4.78 is 73.2. The second kappa shape index (κ2) is 5.21. The van der Waals surface area contributed by atoms with Crippen LogP contribution < -0.4 is 0 Å². The second-order valence-corrected chi connectivity index (χ2v) is 3.85. The number of hydrogen-bond donors (Lipinski definition) is 1. The molecule has 0 aliphatic carbocycles. The van der Waals surface area contributed by atoms with Crippen molar-refractivity contribution in [2.75, 3.05) is 0 Å². The molecule has 18 heavy (non-hydrogen) atoms. The van der Waals surface area contributed by atoms with Gasteiger partial charge in [0.15, 0.2) is 6.10 Å². The van der Waals surface area contributed by atoms with E-state index in [2.05, 4.69) is 0 Å². The summed E-state index contributed by atoms with van der Waals surface area (Å²) in [5, 5.41) is 8.91. The molecule has 0 spiro atoms. The maximum absolute atomic E-state index is 12.1. The Hall–Kier alpha value is -1.18. The lowest BCUT2D eigenvalue weighted by molar-refractivity contribution is -0.206. The van der Waals surface area contributed by atoms with Gasteiger partial charge in [0.2, 0.25) is 0 Å². The quantitative estimate of drug-likeness (QED) is 0.837. The zero-order valence-electron chi connectivity index (χ0n) is 9.09. The first kappa shape index (κ1) is 14.9. The van der Waals surface area contributed by atoms with Gasteiger partial charge in [-0.2, -0.15) is 26.3 Å². The lowest BCUT2D eigenvalue weighted by Crippen LogP contribution is -2.19. The Morgan fingerprint density at radius 1 is 1.17 bits per heavy atom. The Labute approximate surface area is 98.8 Å². The summed E-state index contributed by atoms with van der Waals surface area (Å²) in [5.74, 6) is 0. The molecule has 0 saturated heterocycles. The van der Waals surface area contributed by atoms with Crippen LogP contribution in [0.25, 0.3) is 0 Å². The highest BCUT2D eigenvalue weighted by Gasteiger charge is 2.39. The lowest BCUT2D eigenvalue weighted by Gasteiger charge is -2.12. The number of nitrogens with zero attached hydrogens (tertiary/aromatic N) is 1. The summed E-state index contributed by atoms with van der Waals surface area (Å²) in [5.41, 5.74) is -0.380. The molecule has 0 saturated carbocycles. The van der Waals surface area contributed by atoms with Crippen LogP contribution in [0, 0.1) is 0 Å². The summed E-state index contributed by atoms with van der Waals surface area (Å²) >= 11 is 0. The lowest BCUT2D eigenvalue weighted by atomic mass is 10.2. The van der Waals surface area contributed by atoms with Gasteiger partial charge in [0, 0.05) is 30.9 Å². The van der Waals surface area contributed by atoms with Crippen molar-refractivity contribution in [1.82, 2.24) is 4.57 Å². The van der Waals surface area contributed by atoms with E-state index in [1.54, 1.807) is 0 Å². The predicted molar refractivity (Wildman–Crippen MR) is 50.7 cm³/mol. The van der Waals surface area contributed by atoms with E-state index < -0.39 is 24.9 Å². The van der Waals surface area contributed by atoms with E-state index in [4.69, 9.17) is 5.11 Å². The number of aromatic nitrogens is 1. The number of hydrogen-bond acceptors (Lipinski definition) is 1. The molecule has 0 aromatic carbocycles. The van der Waals surface area contributed by atoms with Crippen LogP contribution in [0.1, 0.15) is 24.5 Å². The van der Waals surface area contributed by atoms with Crippen molar-refractivity contribution in [2.45, 2.75) is 37.8 Å². The van der Waals surface area contributed by atoms with Gasteiger partial charge in [0.1, 0.15) is 0 Å². The number of aliphatic hydroxyl groups excluding tert-OH is 1. The molecule has 1 atom stereocenters. The van der Waals surface area contributed by atoms with E-state index in [0.29, 0.717) is 0 Å². The fourth-order valence-corrected chi connectivity index (χ4v) is 1.41. The number of alkyl halides is 6. The molecule has 0 amide bonds. The van der Waals surface area contributed by atoms with Gasteiger partial charge in [0.05, 0.1) is 0 Å². The van der Waals surface area contributed by atoms with Gasteiger partial charge in [0.25, 0.3) is 0 Å². The summed E-state index contributed by atoms with van der Waals surface area (Å²) in [4.78, 5) is 0. The standard InChI is InChI=1S/C10H11F6NO/c11-9(12,13)3-1-4-17-5-2-7(6-17)8(18)10(14,15)16/h2,5-6,8,18H,1,3-4H2. The average molecular weight is 275 g/mol. The summed E-state index contributed by atoms with van der Waals surface area (Å²) in [7, 11) is 0. The molecule has 1 aromatic heterocycles. The minimum atomic E-state index is -4.78. The van der Waals surface area contributed by atoms with Crippen LogP contribution in [0.3, 0.4) is 0 Å². The van der Waals surface area contributed by atoms with Crippen LogP contribution in [-0.2, 0) is 6.54 Å². The van der Waals surface area contributed by atoms with E-state index in [1.165, 1.54) is 10.8 Å². The van der Waals surface area contributed by atoms with Crippen LogP contribution >= 0.6 is 0 Å². The van der Waals surface area contributed by atoms with Crippen molar-refractivity contribution in [3.63, 3.8) is 0 Å². The summed E-state index contributed by atoms with van der Waals surface area (Å²) in [6.45, 7) is -0.0515. The summed E-state index contributed by atoms with van der Waals surface area (Å²) in [6, 6.07) is 1.03. The monoisotopic (exact) mass is 275 g/mol. The maximum Gasteiger partial charge on any atom is 0.418 e. The topological polar surface area (TPSA) is 25.2 Å². The molecule has 0 aliphatic heterocycles. The van der Waals surface area contributed by atoms with Crippen molar-refractivity contribution in [1.29, 1.82) is 0 Å². The van der Waals surface area contributed by atoms with Gasteiger partial charge in [-0.25, -0.2) is 0 Å². The molecule has 0 radical (unpaired) electrons. The maximum atomic E-state index is 12.1. The molecule has 8 heteroatoms. The average Bonchev–Trinajstić information content (AvgIpc) is 2.61. The largest absolute Gasteiger partial charge is 0.418 e. The summed E-state index contributed by atoms with van der Waals surface area (Å²) in [6.07, 6.45) is -10.7. The fraction of sp³-hybridized carbons (Fsp3) is 0.600. The van der Waals surface area contributed by atoms with Gasteiger partial charge in [-0.15, -0.1) is 0 Å². The minimum Gasteiger partial charge on any atom is -0.379 e. The molecule has 104 valence electrons. The fourth-order valence-electron chi connectivity index (χ4n) is 1.41. The predicted octanol–water partition coefficient (Wildman–Crippen LogP) is 3.43. The third-order valence-corrected chi connectivity index (χ3v) is 2.28. The molecule has 1 aromatic rings. The van der Waals surface area contributed by atoms with E-state index in [0.717, 1.165) is 12.3 Å². The molecule has 1 N–H and O–H groups in total. The Kier molecular flexibility index (Phi) is 4.31. The highest BCUT2D eigenvalue weighted by atomic mass is 19.4. The van der Waals surface area contributed by atoms with Crippen molar-refractivity contribution in [3.05, 3.63) is 24.0 Å². The third kappa shape index (κ3) is 4.59. The molecule has 1 rings (SSSR count). The van der Waals surface area contributed by atoms with E-state index in [9.17, 15) is 26.3 Å². The van der Waals surface area contributed by atoms with E-state index >= 15 is 0 Å². The number of aryl methyl sites for hydroxylation is 1. The highest BCUT2D eigenvalue weighted by Crippen LogP contribution is 2.32. The Morgan fingerprint density at radius 3 is 2.28 bits per heavy atom. The van der Waals surface area contributed by atoms with Crippen molar-refractivity contribution >= 4 is 0 Å². The SMILES string of the molecule is OC(c1ccn(CCCC(F)(F)F)c1)C(F)(F)F. The minimum absolute atomic E-state index is 0.0515. The van der Waals surface area contributed by atoms with Crippen LogP contribution in [0.15, 0.2) is 18.5 Å². The van der Waals surface area contributed by atoms with E-state index in [-0.39, 0.29) is 18.5 Å².